The average Bonchev–Trinajstić information content (AvgIpc) is 3.27. The van der Waals surface area contributed by atoms with Crippen LogP contribution in [-0.4, -0.2) is 80.9 Å². The van der Waals surface area contributed by atoms with Crippen molar-refractivity contribution in [2.75, 3.05) is 38.1 Å². The van der Waals surface area contributed by atoms with Gasteiger partial charge in [-0.25, -0.2) is 4.79 Å². The van der Waals surface area contributed by atoms with E-state index in [1.807, 2.05) is 48.5 Å². The normalized spacial score (nSPS) is 13.9. The molecule has 0 unspecified atom stereocenters. The molecule has 5 aromatic rings. The lowest BCUT2D eigenvalue weighted by Crippen LogP contribution is -2.68. The van der Waals surface area contributed by atoms with E-state index in [0.29, 0.717) is 31.9 Å². The zero-order valence-corrected chi connectivity index (χ0v) is 36.4. The maximum atomic E-state index is 13.3. The van der Waals surface area contributed by atoms with E-state index >= 15 is 0 Å². The Labute approximate surface area is 363 Å². The minimum Gasteiger partial charge on any atom is -0.534 e. The molecule has 0 radical (unpaired) electrons. The van der Waals surface area contributed by atoms with Crippen molar-refractivity contribution in [3.8, 4) is 11.5 Å². The van der Waals surface area contributed by atoms with Gasteiger partial charge in [0.15, 0.2) is 0 Å². The van der Waals surface area contributed by atoms with Gasteiger partial charge < -0.3 is 40.2 Å². The summed E-state index contributed by atoms with van der Waals surface area (Å²) in [5.41, 5.74) is 1.46. The van der Waals surface area contributed by atoms with Crippen LogP contribution in [0.15, 0.2) is 133 Å². The molecule has 330 valence electrons. The number of rotatable bonds is 16. The third-order valence-corrected chi connectivity index (χ3v) is 15.7. The summed E-state index contributed by atoms with van der Waals surface area (Å²) in [6.45, 7) is 8.59. The summed E-state index contributed by atoms with van der Waals surface area (Å²) >= 11 is 0. The summed E-state index contributed by atoms with van der Waals surface area (Å²) in [5, 5.41) is 29.3. The van der Waals surface area contributed by atoms with Crippen molar-refractivity contribution in [1.82, 2.24) is 15.5 Å². The average molecular weight is 871 g/mol. The van der Waals surface area contributed by atoms with Gasteiger partial charge in [0.05, 0.1) is 5.56 Å². The van der Waals surface area contributed by atoms with Crippen molar-refractivity contribution in [2.24, 2.45) is 0 Å². The quantitative estimate of drug-likeness (QED) is 0.0388. The van der Waals surface area contributed by atoms with Crippen LogP contribution < -0.4 is 35.5 Å². The summed E-state index contributed by atoms with van der Waals surface area (Å²) in [7, 11) is -2.75. The molecule has 1 aliphatic rings. The fourth-order valence-electron chi connectivity index (χ4n) is 7.65. The first-order valence-electron chi connectivity index (χ1n) is 20.8. The molecule has 62 heavy (non-hydrogen) atoms. The van der Waals surface area contributed by atoms with E-state index in [2.05, 4.69) is 97.4 Å². The molecule has 1 aliphatic heterocycles. The predicted molar refractivity (Wildman–Crippen MR) is 240 cm³/mol. The first-order valence-corrected chi connectivity index (χ1v) is 22.7. The number of aliphatic hydroxyl groups is 1. The zero-order chi connectivity index (χ0) is 44.6. The van der Waals surface area contributed by atoms with E-state index < -0.39 is 26.2 Å². The Morgan fingerprint density at radius 3 is 1.94 bits per heavy atom. The summed E-state index contributed by atoms with van der Waals surface area (Å²) in [4.78, 5) is 22.7. The minimum absolute atomic E-state index is 0.0454. The number of ether oxygens (including phenoxy) is 1. The number of nitrogens with one attached hydrogen (secondary N) is 3. The van der Waals surface area contributed by atoms with Crippen molar-refractivity contribution in [2.45, 2.75) is 69.9 Å². The molecule has 1 atom stereocenters. The maximum absolute atomic E-state index is 13.3. The highest BCUT2D eigenvalue weighted by atomic mass is 28.4. The van der Waals surface area contributed by atoms with Crippen LogP contribution >= 0.6 is 0 Å². The van der Waals surface area contributed by atoms with Crippen LogP contribution in [0.2, 0.25) is 5.04 Å². The van der Waals surface area contributed by atoms with Gasteiger partial charge in [-0.05, 0) is 94.8 Å². The van der Waals surface area contributed by atoms with E-state index in [0.717, 1.165) is 42.3 Å². The molecule has 0 bridgehead atoms. The van der Waals surface area contributed by atoms with E-state index in [1.165, 1.54) is 28.6 Å². The number of hydrogen-bond donors (Lipinski definition) is 5. The van der Waals surface area contributed by atoms with Crippen LogP contribution in [-0.2, 0) is 23.9 Å². The fraction of sp³-hybridized carbons (Fsp3) is 0.333. The molecule has 0 saturated carbocycles. The number of hydrogen-bond acceptors (Lipinski definition) is 7. The van der Waals surface area contributed by atoms with Gasteiger partial charge in [0, 0.05) is 37.9 Å². The number of nitrogens with zero attached hydrogens (tertiary/aromatic N) is 1. The lowest BCUT2D eigenvalue weighted by atomic mass is 10.0. The van der Waals surface area contributed by atoms with E-state index in [9.17, 15) is 23.1 Å². The van der Waals surface area contributed by atoms with Crippen LogP contribution in [0.5, 0.6) is 11.5 Å². The first kappa shape index (κ1) is 47.2. The number of halogens is 3. The van der Waals surface area contributed by atoms with Gasteiger partial charge in [-0.15, -0.1) is 0 Å². The molecule has 2 amide bonds. The van der Waals surface area contributed by atoms with Crippen molar-refractivity contribution in [1.29, 1.82) is 0 Å². The summed E-state index contributed by atoms with van der Waals surface area (Å²) in [6.07, 6.45) is -2.90. The summed E-state index contributed by atoms with van der Waals surface area (Å²) in [6, 6.07) is 42.1. The Bertz CT molecular complexity index is 2070. The lowest BCUT2D eigenvalue weighted by Gasteiger charge is -2.43. The molecule has 1 fully saturated rings. The zero-order valence-electron chi connectivity index (χ0n) is 35.4. The van der Waals surface area contributed by atoms with E-state index in [1.54, 1.807) is 4.90 Å². The van der Waals surface area contributed by atoms with Gasteiger partial charge in [-0.3, -0.25) is 4.79 Å². The number of carboxylic acid groups (broad SMARTS) is 1. The lowest BCUT2D eigenvalue weighted by molar-refractivity contribution is -0.138. The SMILES string of the molecule is CC(C)(C)[Si](Oc1ccc(OC[C@@H](O)CNCCc2ccc(NC3CCN(C(=O)NCc4ccccc4C(F)(F)F)CC3)cc2)cc1)(c1ccccc1)c1ccccc1.O=CO. The summed E-state index contributed by atoms with van der Waals surface area (Å²) in [5.74, 6) is 1.44. The first-order chi connectivity index (χ1) is 29.7. The third-order valence-electron chi connectivity index (χ3n) is 10.8. The molecule has 10 nitrogen and oxygen atoms in total. The number of anilines is 1. The smallest absolute Gasteiger partial charge is 0.416 e. The highest BCUT2D eigenvalue weighted by Gasteiger charge is 2.52. The minimum atomic E-state index is -4.47. The van der Waals surface area contributed by atoms with Crippen molar-refractivity contribution >= 4 is 36.9 Å². The number of carbonyl (C=O) groups excluding carboxylic acids is 1. The third kappa shape index (κ3) is 13.1. The Morgan fingerprint density at radius 2 is 1.37 bits per heavy atom. The fourth-order valence-corrected chi connectivity index (χ4v) is 12.1. The Morgan fingerprint density at radius 1 is 0.823 bits per heavy atom. The number of carbonyl (C=O) groups is 2. The highest BCUT2D eigenvalue weighted by Crippen LogP contribution is 2.38. The predicted octanol–water partition coefficient (Wildman–Crippen LogP) is 7.70. The van der Waals surface area contributed by atoms with Gasteiger partial charge in [-0.1, -0.05) is 112 Å². The molecular weight excluding hydrogens is 814 g/mol. The van der Waals surface area contributed by atoms with Crippen molar-refractivity contribution in [3.63, 3.8) is 0 Å². The molecule has 5 N–H and O–H groups in total. The molecule has 5 aromatic carbocycles. The number of urea groups is 1. The monoisotopic (exact) mass is 870 g/mol. The Kier molecular flexibility index (Phi) is 17.0. The van der Waals surface area contributed by atoms with Gasteiger partial charge in [0.2, 0.25) is 0 Å². The molecule has 0 aliphatic carbocycles. The molecule has 1 heterocycles. The highest BCUT2D eigenvalue weighted by molar-refractivity contribution is 7.00. The molecule has 1 saturated heterocycles. The largest absolute Gasteiger partial charge is 0.534 e. The Balaban J connectivity index is 0.00000235. The Hall–Kier alpha value is -5.83. The molecular formula is C48H57F3N4O6Si. The second-order valence-corrected chi connectivity index (χ2v) is 20.4. The number of likely N-dealkylation sites (tertiary alicyclic amines) is 1. The van der Waals surface area contributed by atoms with Crippen molar-refractivity contribution < 1.29 is 42.1 Å². The van der Waals surface area contributed by atoms with Gasteiger partial charge in [0.25, 0.3) is 6.47 Å². The number of benzene rings is 5. The van der Waals surface area contributed by atoms with Crippen LogP contribution in [0, 0.1) is 0 Å². The van der Waals surface area contributed by atoms with Crippen LogP contribution in [0.1, 0.15) is 50.3 Å². The topological polar surface area (TPSA) is 132 Å². The maximum Gasteiger partial charge on any atom is 0.416 e. The van der Waals surface area contributed by atoms with Gasteiger partial charge in [0.1, 0.15) is 24.2 Å². The van der Waals surface area contributed by atoms with E-state index in [4.69, 9.17) is 19.1 Å². The number of amides is 2. The molecule has 14 heteroatoms. The standard InChI is InChI=1S/C47H55F3N4O4Si.CH2O2/c1-46(2,3)59(42-13-6-4-7-14-42,43-15-8-5-9-16-43)58-41-24-22-40(23-25-41)57-34-39(55)33-51-29-26-35-18-20-37(21-19-35)53-38-27-30-54(31-28-38)45(56)52-32-36-12-10-11-17-44(36)47(48,49)50;2-1-3/h4-25,38-39,51,53,55H,26-34H2,1-3H3,(H,52,56);1H,(H,2,3)/t39-;/m0./s1. The summed E-state index contributed by atoms with van der Waals surface area (Å²) < 4.78 is 52.9. The second kappa shape index (κ2) is 22.3. The van der Waals surface area contributed by atoms with E-state index in [-0.39, 0.29) is 42.3 Å². The number of aliphatic hydroxyl groups excluding tert-OH is 1. The number of alkyl halides is 3. The molecule has 0 aromatic heterocycles. The van der Waals surface area contributed by atoms with Gasteiger partial charge >= 0.3 is 20.5 Å². The molecule has 6 rings (SSSR count). The van der Waals surface area contributed by atoms with Crippen LogP contribution in [0.4, 0.5) is 23.7 Å². The number of piperidine rings is 1. The van der Waals surface area contributed by atoms with Crippen molar-refractivity contribution in [3.05, 3.63) is 150 Å². The van der Waals surface area contributed by atoms with Crippen LogP contribution in [0.3, 0.4) is 0 Å². The second-order valence-electron chi connectivity index (χ2n) is 16.2. The molecule has 0 spiro atoms. The van der Waals surface area contributed by atoms with Gasteiger partial charge in [-0.2, -0.15) is 13.2 Å². The van der Waals surface area contributed by atoms with Crippen LogP contribution in [0.25, 0.3) is 0 Å².